The number of hydrogen-bond donors (Lipinski definition) is 2. The van der Waals surface area contributed by atoms with Crippen LogP contribution in [0.3, 0.4) is 0 Å². The minimum absolute atomic E-state index is 0.0135. The third-order valence-corrected chi connectivity index (χ3v) is 2.69. The maximum Gasteiger partial charge on any atom is 0.134 e. The van der Waals surface area contributed by atoms with Crippen molar-refractivity contribution in [2.24, 2.45) is 0 Å². The molecule has 16 heavy (non-hydrogen) atoms. The Labute approximate surface area is 98.7 Å². The Bertz CT molecular complexity index is 509. The zero-order chi connectivity index (χ0) is 11.5. The molecule has 0 atom stereocenters. The average molecular weight is 235 g/mol. The fraction of sp³-hybridized carbons (Fsp3) is 0.0769. The molecule has 0 radical (unpaired) electrons. The van der Waals surface area contributed by atoms with Gasteiger partial charge in [0.1, 0.15) is 5.75 Å². The van der Waals surface area contributed by atoms with E-state index < -0.39 is 0 Å². The van der Waals surface area contributed by atoms with Gasteiger partial charge in [-0.1, -0.05) is 35.9 Å². The molecular formula is C13H11ClO2. The molecule has 0 aromatic heterocycles. The summed E-state index contributed by atoms with van der Waals surface area (Å²) in [6.45, 7) is 0.0135. The Morgan fingerprint density at radius 2 is 1.75 bits per heavy atom. The van der Waals surface area contributed by atoms with Gasteiger partial charge in [-0.3, -0.25) is 0 Å². The van der Waals surface area contributed by atoms with Gasteiger partial charge in [-0.15, -0.1) is 0 Å². The van der Waals surface area contributed by atoms with Crippen LogP contribution in [0.15, 0.2) is 42.5 Å². The number of aliphatic hydroxyl groups is 1. The molecule has 0 saturated carbocycles. The number of hydrogen-bond acceptors (Lipinski definition) is 2. The van der Waals surface area contributed by atoms with E-state index in [1.165, 1.54) is 0 Å². The normalized spacial score (nSPS) is 10.4. The molecule has 0 aliphatic rings. The van der Waals surface area contributed by atoms with Crippen molar-refractivity contribution in [1.29, 1.82) is 0 Å². The molecule has 0 fully saturated rings. The number of benzene rings is 2. The fourth-order valence-electron chi connectivity index (χ4n) is 1.54. The molecule has 2 aromatic carbocycles. The first-order chi connectivity index (χ1) is 7.70. The number of aromatic hydroxyl groups is 1. The van der Waals surface area contributed by atoms with Crippen LogP contribution in [0.1, 0.15) is 5.56 Å². The van der Waals surface area contributed by atoms with Crippen molar-refractivity contribution in [3.63, 3.8) is 0 Å². The molecule has 3 heteroatoms. The molecule has 2 rings (SSSR count). The third kappa shape index (κ3) is 2.18. The topological polar surface area (TPSA) is 40.5 Å². The number of phenols is 1. The second-order valence-electron chi connectivity index (χ2n) is 3.52. The summed E-state index contributed by atoms with van der Waals surface area (Å²) >= 11 is 5.84. The summed E-state index contributed by atoms with van der Waals surface area (Å²) < 4.78 is 0. The summed E-state index contributed by atoms with van der Waals surface area (Å²) in [5, 5.41) is 18.7. The molecule has 0 heterocycles. The Morgan fingerprint density at radius 3 is 2.44 bits per heavy atom. The maximum atomic E-state index is 9.32. The van der Waals surface area contributed by atoms with Crippen molar-refractivity contribution in [2.45, 2.75) is 6.61 Å². The summed E-state index contributed by atoms with van der Waals surface area (Å²) in [6.07, 6.45) is 0. The van der Waals surface area contributed by atoms with Crippen LogP contribution in [-0.4, -0.2) is 10.2 Å². The number of aliphatic hydroxyl groups excluding tert-OH is 1. The molecule has 0 bridgehead atoms. The highest BCUT2D eigenvalue weighted by Crippen LogP contribution is 2.29. The summed E-state index contributed by atoms with van der Waals surface area (Å²) in [6, 6.07) is 12.6. The van der Waals surface area contributed by atoms with Gasteiger partial charge < -0.3 is 10.2 Å². The van der Waals surface area contributed by atoms with E-state index >= 15 is 0 Å². The Morgan fingerprint density at radius 1 is 1.00 bits per heavy atom. The van der Waals surface area contributed by atoms with E-state index in [-0.39, 0.29) is 12.4 Å². The van der Waals surface area contributed by atoms with E-state index in [0.717, 1.165) is 16.7 Å². The second kappa shape index (κ2) is 4.56. The van der Waals surface area contributed by atoms with Gasteiger partial charge in [0.05, 0.1) is 11.6 Å². The van der Waals surface area contributed by atoms with Crippen LogP contribution in [0, 0.1) is 0 Å². The minimum atomic E-state index is 0.0135. The van der Waals surface area contributed by atoms with Gasteiger partial charge in [0.2, 0.25) is 0 Å². The van der Waals surface area contributed by atoms with Crippen molar-refractivity contribution < 1.29 is 10.2 Å². The lowest BCUT2D eigenvalue weighted by Gasteiger charge is -2.05. The lowest BCUT2D eigenvalue weighted by molar-refractivity contribution is 0.282. The first-order valence-corrected chi connectivity index (χ1v) is 5.27. The van der Waals surface area contributed by atoms with Crippen molar-refractivity contribution in [1.82, 2.24) is 0 Å². The Balaban J connectivity index is 2.46. The summed E-state index contributed by atoms with van der Waals surface area (Å²) in [5.41, 5.74) is 2.73. The molecule has 2 aromatic rings. The van der Waals surface area contributed by atoms with E-state index in [0.29, 0.717) is 5.02 Å². The fourth-order valence-corrected chi connectivity index (χ4v) is 1.72. The van der Waals surface area contributed by atoms with Crippen molar-refractivity contribution in [2.75, 3.05) is 0 Å². The van der Waals surface area contributed by atoms with Crippen LogP contribution in [0.25, 0.3) is 11.1 Å². The molecule has 0 saturated heterocycles. The smallest absolute Gasteiger partial charge is 0.134 e. The largest absolute Gasteiger partial charge is 0.506 e. The van der Waals surface area contributed by atoms with Gasteiger partial charge in [-0.25, -0.2) is 0 Å². The molecular weight excluding hydrogens is 224 g/mol. The van der Waals surface area contributed by atoms with E-state index in [9.17, 15) is 5.11 Å². The molecule has 0 amide bonds. The van der Waals surface area contributed by atoms with Crippen molar-refractivity contribution in [3.8, 4) is 16.9 Å². The predicted octanol–water partition coefficient (Wildman–Crippen LogP) is 3.20. The lowest BCUT2D eigenvalue weighted by atomic mass is 10.0. The average Bonchev–Trinajstić information content (AvgIpc) is 2.33. The summed E-state index contributed by atoms with van der Waals surface area (Å²) in [4.78, 5) is 0. The third-order valence-electron chi connectivity index (χ3n) is 2.39. The molecule has 0 unspecified atom stereocenters. The zero-order valence-corrected chi connectivity index (χ0v) is 9.28. The highest BCUT2D eigenvalue weighted by molar-refractivity contribution is 6.32. The van der Waals surface area contributed by atoms with Gasteiger partial charge in [0, 0.05) is 0 Å². The molecule has 0 spiro atoms. The zero-order valence-electron chi connectivity index (χ0n) is 8.52. The number of halogens is 1. The predicted molar refractivity (Wildman–Crippen MR) is 64.5 cm³/mol. The van der Waals surface area contributed by atoms with E-state index in [2.05, 4.69) is 0 Å². The second-order valence-corrected chi connectivity index (χ2v) is 3.93. The van der Waals surface area contributed by atoms with Crippen LogP contribution in [0.2, 0.25) is 5.02 Å². The molecule has 0 aliphatic heterocycles. The van der Waals surface area contributed by atoms with Crippen molar-refractivity contribution in [3.05, 3.63) is 53.1 Å². The molecule has 82 valence electrons. The van der Waals surface area contributed by atoms with Crippen LogP contribution < -0.4 is 0 Å². The summed E-state index contributed by atoms with van der Waals surface area (Å²) in [5.74, 6) is 0.0729. The van der Waals surface area contributed by atoms with Crippen LogP contribution in [0.4, 0.5) is 0 Å². The van der Waals surface area contributed by atoms with E-state index in [1.54, 1.807) is 18.2 Å². The monoisotopic (exact) mass is 234 g/mol. The Kier molecular flexibility index (Phi) is 3.13. The highest BCUT2D eigenvalue weighted by atomic mass is 35.5. The SMILES string of the molecule is OCc1cccc(-c2ccc(O)c(Cl)c2)c1. The quantitative estimate of drug-likeness (QED) is 0.838. The Hall–Kier alpha value is -1.51. The standard InChI is InChI=1S/C13H11ClO2/c14-12-7-11(4-5-13(12)16)10-3-1-2-9(6-10)8-15/h1-7,15-16H,8H2. The highest BCUT2D eigenvalue weighted by Gasteiger charge is 2.02. The maximum absolute atomic E-state index is 9.32. The first-order valence-electron chi connectivity index (χ1n) is 4.89. The van der Waals surface area contributed by atoms with Gasteiger partial charge >= 0.3 is 0 Å². The number of rotatable bonds is 2. The van der Waals surface area contributed by atoms with Gasteiger partial charge in [0.15, 0.2) is 0 Å². The van der Waals surface area contributed by atoms with Crippen LogP contribution >= 0.6 is 11.6 Å². The first kappa shape index (κ1) is 11.0. The lowest BCUT2D eigenvalue weighted by Crippen LogP contribution is -1.84. The van der Waals surface area contributed by atoms with Gasteiger partial charge in [0.25, 0.3) is 0 Å². The van der Waals surface area contributed by atoms with Crippen molar-refractivity contribution >= 4 is 11.6 Å². The number of phenolic OH excluding ortho intramolecular Hbond substituents is 1. The van der Waals surface area contributed by atoms with Gasteiger partial charge in [-0.2, -0.15) is 0 Å². The minimum Gasteiger partial charge on any atom is -0.506 e. The van der Waals surface area contributed by atoms with Crippen LogP contribution in [-0.2, 0) is 6.61 Å². The van der Waals surface area contributed by atoms with E-state index in [4.69, 9.17) is 16.7 Å². The molecule has 0 aliphatic carbocycles. The molecule has 2 N–H and O–H groups in total. The van der Waals surface area contributed by atoms with E-state index in [1.807, 2.05) is 24.3 Å². The van der Waals surface area contributed by atoms with Crippen LogP contribution in [0.5, 0.6) is 5.75 Å². The van der Waals surface area contributed by atoms with Gasteiger partial charge in [-0.05, 0) is 34.9 Å². The summed E-state index contributed by atoms with van der Waals surface area (Å²) in [7, 11) is 0. The molecule has 2 nitrogen and oxygen atoms in total.